The molecule has 0 aromatic rings. The molecule has 0 bridgehead atoms. The van der Waals surface area contributed by atoms with E-state index < -0.39 is 0 Å². The van der Waals surface area contributed by atoms with E-state index in [9.17, 15) is 4.79 Å². The predicted octanol–water partition coefficient (Wildman–Crippen LogP) is 0.836. The summed E-state index contributed by atoms with van der Waals surface area (Å²) in [5.74, 6) is 3.21. The van der Waals surface area contributed by atoms with Crippen molar-refractivity contribution in [2.75, 3.05) is 33.7 Å². The maximum atomic E-state index is 11.7. The molecule has 108 valence electrons. The van der Waals surface area contributed by atoms with Crippen molar-refractivity contribution in [2.24, 2.45) is 5.92 Å². The quantitative estimate of drug-likeness (QED) is 0.552. The van der Waals surface area contributed by atoms with Gasteiger partial charge in [-0.05, 0) is 32.9 Å². The summed E-state index contributed by atoms with van der Waals surface area (Å²) in [5, 5.41) is 5.95. The summed E-state index contributed by atoms with van der Waals surface area (Å²) in [5.41, 5.74) is 0.111. The summed E-state index contributed by atoms with van der Waals surface area (Å²) in [6, 6.07) is 0. The van der Waals surface area contributed by atoms with Crippen LogP contribution in [-0.2, 0) is 4.79 Å². The Labute approximate surface area is 117 Å². The first kappa shape index (κ1) is 16.0. The van der Waals surface area contributed by atoms with Crippen molar-refractivity contribution in [2.45, 2.75) is 38.1 Å². The molecule has 0 saturated heterocycles. The number of carbonyl (C=O) groups is 1. The van der Waals surface area contributed by atoms with Gasteiger partial charge in [0.1, 0.15) is 0 Å². The van der Waals surface area contributed by atoms with Gasteiger partial charge in [0, 0.05) is 12.1 Å². The lowest BCUT2D eigenvalue weighted by Crippen LogP contribution is -2.55. The standard InChI is InChI=1S/C15H27N3O/c1-5-9-16-11-14(19)17-12-15(18(3)4)8-6-7-13(2)10-15/h1,13,16H,6-12H2,2-4H3,(H,17,19). The van der Waals surface area contributed by atoms with E-state index in [1.54, 1.807) is 0 Å². The Hall–Kier alpha value is -1.05. The Kier molecular flexibility index (Phi) is 6.33. The van der Waals surface area contributed by atoms with Gasteiger partial charge >= 0.3 is 0 Å². The third-order valence-electron chi connectivity index (χ3n) is 4.14. The van der Waals surface area contributed by atoms with Crippen LogP contribution in [0.4, 0.5) is 0 Å². The molecule has 2 atom stereocenters. The van der Waals surface area contributed by atoms with Crippen LogP contribution in [-0.4, -0.2) is 50.1 Å². The van der Waals surface area contributed by atoms with Crippen molar-refractivity contribution >= 4 is 5.91 Å². The molecule has 0 spiro atoms. The molecule has 2 N–H and O–H groups in total. The van der Waals surface area contributed by atoms with Crippen molar-refractivity contribution in [3.05, 3.63) is 0 Å². The zero-order valence-electron chi connectivity index (χ0n) is 12.5. The fourth-order valence-electron chi connectivity index (χ4n) is 2.93. The summed E-state index contributed by atoms with van der Waals surface area (Å²) in [4.78, 5) is 14.0. The number of likely N-dealkylation sites (N-methyl/N-ethyl adjacent to an activating group) is 1. The fourth-order valence-corrected chi connectivity index (χ4v) is 2.93. The van der Waals surface area contributed by atoms with Crippen LogP contribution in [0.15, 0.2) is 0 Å². The largest absolute Gasteiger partial charge is 0.353 e. The van der Waals surface area contributed by atoms with Crippen molar-refractivity contribution in [1.82, 2.24) is 15.5 Å². The van der Waals surface area contributed by atoms with E-state index in [1.165, 1.54) is 12.8 Å². The van der Waals surface area contributed by atoms with E-state index in [2.05, 4.69) is 42.5 Å². The van der Waals surface area contributed by atoms with Gasteiger partial charge in [-0.2, -0.15) is 0 Å². The SMILES string of the molecule is C#CCNCC(=O)NCC1(N(C)C)CCCC(C)C1. The summed E-state index contributed by atoms with van der Waals surface area (Å²) < 4.78 is 0. The van der Waals surface area contributed by atoms with E-state index in [4.69, 9.17) is 6.42 Å². The summed E-state index contributed by atoms with van der Waals surface area (Å²) in [6.45, 7) is 3.75. The Morgan fingerprint density at radius 1 is 1.53 bits per heavy atom. The molecule has 0 radical (unpaired) electrons. The Morgan fingerprint density at radius 3 is 2.84 bits per heavy atom. The topological polar surface area (TPSA) is 44.4 Å². The van der Waals surface area contributed by atoms with Crippen LogP contribution < -0.4 is 10.6 Å². The molecule has 4 nitrogen and oxygen atoms in total. The van der Waals surface area contributed by atoms with Crippen LogP contribution in [0.1, 0.15) is 32.6 Å². The number of carbonyl (C=O) groups excluding carboxylic acids is 1. The highest BCUT2D eigenvalue weighted by Gasteiger charge is 2.36. The van der Waals surface area contributed by atoms with Crippen LogP contribution in [0.25, 0.3) is 0 Å². The molecule has 0 aliphatic heterocycles. The maximum absolute atomic E-state index is 11.7. The molecule has 1 aliphatic rings. The number of hydrogen-bond acceptors (Lipinski definition) is 3. The minimum absolute atomic E-state index is 0.0229. The molecule has 0 aromatic carbocycles. The number of rotatable bonds is 6. The third kappa shape index (κ3) is 4.85. The zero-order chi connectivity index (χ0) is 14.3. The molecular formula is C15H27N3O. The normalized spacial score (nSPS) is 27.0. The molecule has 0 heterocycles. The molecule has 1 rings (SSSR count). The van der Waals surface area contributed by atoms with Gasteiger partial charge in [0.15, 0.2) is 0 Å². The molecule has 0 aromatic heterocycles. The van der Waals surface area contributed by atoms with Gasteiger partial charge in [-0.3, -0.25) is 10.1 Å². The van der Waals surface area contributed by atoms with Crippen LogP contribution in [0.2, 0.25) is 0 Å². The van der Waals surface area contributed by atoms with E-state index in [-0.39, 0.29) is 11.4 Å². The van der Waals surface area contributed by atoms with Crippen LogP contribution in [0.3, 0.4) is 0 Å². The van der Waals surface area contributed by atoms with Gasteiger partial charge < -0.3 is 10.2 Å². The Bertz CT molecular complexity index is 335. The van der Waals surface area contributed by atoms with E-state index in [0.29, 0.717) is 13.1 Å². The molecule has 4 heteroatoms. The molecule has 2 unspecified atom stereocenters. The lowest BCUT2D eigenvalue weighted by molar-refractivity contribution is -0.121. The number of amides is 1. The molecule has 1 aliphatic carbocycles. The summed E-state index contributed by atoms with van der Waals surface area (Å²) in [7, 11) is 4.22. The molecule has 1 amide bonds. The second kappa shape index (κ2) is 7.52. The lowest BCUT2D eigenvalue weighted by Gasteiger charge is -2.45. The van der Waals surface area contributed by atoms with Crippen molar-refractivity contribution in [3.63, 3.8) is 0 Å². The van der Waals surface area contributed by atoms with E-state index >= 15 is 0 Å². The molecule has 1 saturated carbocycles. The van der Waals surface area contributed by atoms with Crippen LogP contribution in [0, 0.1) is 18.3 Å². The van der Waals surface area contributed by atoms with Crippen LogP contribution in [0.5, 0.6) is 0 Å². The number of hydrogen-bond donors (Lipinski definition) is 2. The predicted molar refractivity (Wildman–Crippen MR) is 78.8 cm³/mol. The van der Waals surface area contributed by atoms with E-state index in [1.807, 2.05) is 0 Å². The minimum Gasteiger partial charge on any atom is -0.353 e. The van der Waals surface area contributed by atoms with Crippen LogP contribution >= 0.6 is 0 Å². The van der Waals surface area contributed by atoms with Crippen molar-refractivity contribution < 1.29 is 4.79 Å². The second-order valence-corrected chi connectivity index (χ2v) is 5.90. The summed E-state index contributed by atoms with van der Waals surface area (Å²) in [6.07, 6.45) is 9.98. The molecular weight excluding hydrogens is 238 g/mol. The molecule has 19 heavy (non-hydrogen) atoms. The van der Waals surface area contributed by atoms with Crippen molar-refractivity contribution in [3.8, 4) is 12.3 Å². The van der Waals surface area contributed by atoms with Gasteiger partial charge in [0.25, 0.3) is 0 Å². The maximum Gasteiger partial charge on any atom is 0.234 e. The van der Waals surface area contributed by atoms with Gasteiger partial charge in [-0.25, -0.2) is 0 Å². The number of nitrogens with zero attached hydrogens (tertiary/aromatic N) is 1. The Balaban J connectivity index is 2.46. The number of terminal acetylenes is 1. The Morgan fingerprint density at radius 2 is 2.26 bits per heavy atom. The second-order valence-electron chi connectivity index (χ2n) is 5.90. The molecule has 1 fully saturated rings. The first-order valence-corrected chi connectivity index (χ1v) is 7.08. The fraction of sp³-hybridized carbons (Fsp3) is 0.800. The number of nitrogens with one attached hydrogen (secondary N) is 2. The van der Waals surface area contributed by atoms with E-state index in [0.717, 1.165) is 25.3 Å². The van der Waals surface area contributed by atoms with Gasteiger partial charge in [-0.15, -0.1) is 6.42 Å². The van der Waals surface area contributed by atoms with Gasteiger partial charge in [-0.1, -0.05) is 25.7 Å². The average Bonchev–Trinajstić information content (AvgIpc) is 2.36. The lowest BCUT2D eigenvalue weighted by atomic mass is 9.75. The highest BCUT2D eigenvalue weighted by molar-refractivity contribution is 5.78. The summed E-state index contributed by atoms with van der Waals surface area (Å²) >= 11 is 0. The first-order valence-electron chi connectivity index (χ1n) is 7.08. The highest BCUT2D eigenvalue weighted by Crippen LogP contribution is 2.35. The third-order valence-corrected chi connectivity index (χ3v) is 4.14. The average molecular weight is 265 g/mol. The smallest absolute Gasteiger partial charge is 0.234 e. The first-order chi connectivity index (χ1) is 9.00. The van der Waals surface area contributed by atoms with Gasteiger partial charge in [0.2, 0.25) is 5.91 Å². The highest BCUT2D eigenvalue weighted by atomic mass is 16.1. The zero-order valence-corrected chi connectivity index (χ0v) is 12.5. The monoisotopic (exact) mass is 265 g/mol. The van der Waals surface area contributed by atoms with Gasteiger partial charge in [0.05, 0.1) is 13.1 Å². The minimum atomic E-state index is 0.0229. The van der Waals surface area contributed by atoms with Crippen molar-refractivity contribution in [1.29, 1.82) is 0 Å².